The van der Waals surface area contributed by atoms with Crippen molar-refractivity contribution in [3.63, 3.8) is 0 Å². The van der Waals surface area contributed by atoms with E-state index < -0.39 is 6.36 Å². The van der Waals surface area contributed by atoms with E-state index in [1.807, 2.05) is 0 Å². The molecule has 2 aromatic carbocycles. The van der Waals surface area contributed by atoms with Crippen LogP contribution in [0.15, 0.2) is 57.9 Å². The topological polar surface area (TPSA) is 55.2 Å². The lowest BCUT2D eigenvalue weighted by Crippen LogP contribution is -2.44. The van der Waals surface area contributed by atoms with Crippen LogP contribution in [0.25, 0.3) is 22.1 Å². The summed E-state index contributed by atoms with van der Waals surface area (Å²) in [5, 5.41) is 0.364. The highest BCUT2D eigenvalue weighted by Gasteiger charge is 2.31. The van der Waals surface area contributed by atoms with Gasteiger partial charge < -0.3 is 13.9 Å². The van der Waals surface area contributed by atoms with Crippen LogP contribution in [0.2, 0.25) is 0 Å². The molecule has 0 radical (unpaired) electrons. The summed E-state index contributed by atoms with van der Waals surface area (Å²) in [5.41, 5.74) is 0.784. The van der Waals surface area contributed by atoms with Crippen molar-refractivity contribution in [3.8, 4) is 22.6 Å². The van der Waals surface area contributed by atoms with E-state index in [4.69, 9.17) is 9.15 Å². The van der Waals surface area contributed by atoms with Crippen LogP contribution in [0.3, 0.4) is 0 Å². The Morgan fingerprint density at radius 3 is 2.39 bits per heavy atom. The quantitative estimate of drug-likeness (QED) is 0.457. The van der Waals surface area contributed by atoms with E-state index in [0.717, 1.165) is 44.9 Å². The molecule has 33 heavy (non-hydrogen) atoms. The predicted octanol–water partition coefficient (Wildman–Crippen LogP) is 4.63. The molecule has 10 heteroatoms. The molecule has 6 nitrogen and oxygen atoms in total. The van der Waals surface area contributed by atoms with Gasteiger partial charge in [0.25, 0.3) is 0 Å². The van der Waals surface area contributed by atoms with E-state index in [1.165, 1.54) is 18.4 Å². The molecule has 0 spiro atoms. The second kappa shape index (κ2) is 10.1. The summed E-state index contributed by atoms with van der Waals surface area (Å²) in [6, 6.07) is 10.1. The van der Waals surface area contributed by atoms with Gasteiger partial charge in [0, 0.05) is 38.8 Å². The Hall–Kier alpha value is -2.69. The standard InChI is InChI=1S/C23H23F3N2O4S/c1-33-28-10-8-27(9-11-28)12-13-30-18-6-7-19-21(14-18)31-15-20(22(19)29)16-2-4-17(5-3-16)32-23(24,25)26/h2-7,14-15H,8-13H2,1H3. The zero-order valence-electron chi connectivity index (χ0n) is 17.9. The van der Waals surface area contributed by atoms with Gasteiger partial charge in [0.2, 0.25) is 0 Å². The Kier molecular flexibility index (Phi) is 7.16. The summed E-state index contributed by atoms with van der Waals surface area (Å²) in [6.45, 7) is 5.41. The Morgan fingerprint density at radius 1 is 1.03 bits per heavy atom. The van der Waals surface area contributed by atoms with Crippen molar-refractivity contribution in [3.05, 3.63) is 59.0 Å². The van der Waals surface area contributed by atoms with Crippen LogP contribution < -0.4 is 14.9 Å². The average Bonchev–Trinajstić information content (AvgIpc) is 2.79. The first-order chi connectivity index (χ1) is 15.8. The average molecular weight is 481 g/mol. The largest absolute Gasteiger partial charge is 0.573 e. The molecule has 2 heterocycles. The van der Waals surface area contributed by atoms with Gasteiger partial charge in [-0.05, 0) is 36.1 Å². The first-order valence-corrected chi connectivity index (χ1v) is 11.6. The summed E-state index contributed by atoms with van der Waals surface area (Å²) >= 11 is 1.77. The minimum Gasteiger partial charge on any atom is -0.492 e. The van der Waals surface area contributed by atoms with Crippen LogP contribution >= 0.6 is 11.9 Å². The third kappa shape index (κ3) is 6.01. The molecule has 0 amide bonds. The molecule has 1 aliphatic rings. The molecule has 1 fully saturated rings. The smallest absolute Gasteiger partial charge is 0.492 e. The third-order valence-corrected chi connectivity index (χ3v) is 6.29. The summed E-state index contributed by atoms with van der Waals surface area (Å²) in [5.74, 6) is 0.249. The molecular formula is C23H23F3N2O4S. The molecule has 3 aromatic rings. The van der Waals surface area contributed by atoms with Crippen LogP contribution in [-0.2, 0) is 0 Å². The van der Waals surface area contributed by atoms with E-state index in [0.29, 0.717) is 28.9 Å². The van der Waals surface area contributed by atoms with Crippen LogP contribution in [0.4, 0.5) is 13.2 Å². The maximum absolute atomic E-state index is 12.9. The zero-order chi connectivity index (χ0) is 23.4. The first kappa shape index (κ1) is 23.5. The third-order valence-electron chi connectivity index (χ3n) is 5.41. The molecule has 1 saturated heterocycles. The van der Waals surface area contributed by atoms with Gasteiger partial charge in [-0.25, -0.2) is 4.31 Å². The number of hydrogen-bond acceptors (Lipinski definition) is 7. The number of halogens is 3. The van der Waals surface area contributed by atoms with Crippen molar-refractivity contribution < 1.29 is 27.1 Å². The van der Waals surface area contributed by atoms with Crippen molar-refractivity contribution in [2.75, 3.05) is 45.6 Å². The fraction of sp³-hybridized carbons (Fsp3) is 0.348. The van der Waals surface area contributed by atoms with Gasteiger partial charge in [-0.1, -0.05) is 24.1 Å². The fourth-order valence-electron chi connectivity index (χ4n) is 3.66. The number of fused-ring (bicyclic) bond motifs is 1. The molecule has 0 bridgehead atoms. The second-order valence-corrected chi connectivity index (χ2v) is 8.39. The summed E-state index contributed by atoms with van der Waals surface area (Å²) in [6.07, 6.45) is -1.38. The Balaban J connectivity index is 1.41. The van der Waals surface area contributed by atoms with E-state index in [9.17, 15) is 18.0 Å². The molecule has 0 unspecified atom stereocenters. The Labute approximate surface area is 193 Å². The van der Waals surface area contributed by atoms with E-state index >= 15 is 0 Å². The van der Waals surface area contributed by atoms with Crippen molar-refractivity contribution in [2.45, 2.75) is 6.36 Å². The van der Waals surface area contributed by atoms with Crippen molar-refractivity contribution in [1.82, 2.24) is 9.21 Å². The van der Waals surface area contributed by atoms with E-state index in [-0.39, 0.29) is 16.7 Å². The second-order valence-electron chi connectivity index (χ2n) is 7.51. The van der Waals surface area contributed by atoms with Crippen molar-refractivity contribution >= 4 is 22.9 Å². The lowest BCUT2D eigenvalue weighted by Gasteiger charge is -2.32. The molecule has 1 aromatic heterocycles. The maximum Gasteiger partial charge on any atom is 0.573 e. The number of ether oxygens (including phenoxy) is 2. The van der Waals surface area contributed by atoms with Crippen molar-refractivity contribution in [2.24, 2.45) is 0 Å². The van der Waals surface area contributed by atoms with Crippen LogP contribution in [0.5, 0.6) is 11.5 Å². The minimum absolute atomic E-state index is 0.249. The van der Waals surface area contributed by atoms with Gasteiger partial charge in [0.1, 0.15) is 30.0 Å². The molecule has 0 saturated carbocycles. The summed E-state index contributed by atoms with van der Waals surface area (Å²) in [7, 11) is 0. The normalized spacial score (nSPS) is 15.6. The summed E-state index contributed by atoms with van der Waals surface area (Å²) in [4.78, 5) is 15.3. The monoisotopic (exact) mass is 480 g/mol. The number of hydrogen-bond donors (Lipinski definition) is 0. The number of rotatable bonds is 7. The molecule has 4 rings (SSSR count). The SMILES string of the molecule is CSN1CCN(CCOc2ccc3c(=O)c(-c4ccc(OC(F)(F)F)cc4)coc3c2)CC1. The number of piperazine rings is 1. The lowest BCUT2D eigenvalue weighted by molar-refractivity contribution is -0.274. The molecular weight excluding hydrogens is 457 g/mol. The molecule has 0 N–H and O–H groups in total. The van der Waals surface area contributed by atoms with Gasteiger partial charge in [0.15, 0.2) is 5.43 Å². The number of benzene rings is 2. The highest BCUT2D eigenvalue weighted by atomic mass is 32.2. The van der Waals surface area contributed by atoms with E-state index in [1.54, 1.807) is 30.1 Å². The van der Waals surface area contributed by atoms with Gasteiger partial charge in [-0.15, -0.1) is 13.2 Å². The molecule has 176 valence electrons. The lowest BCUT2D eigenvalue weighted by atomic mass is 10.1. The van der Waals surface area contributed by atoms with Crippen LogP contribution in [0, 0.1) is 0 Å². The summed E-state index contributed by atoms with van der Waals surface area (Å²) < 4.78 is 54.7. The van der Waals surface area contributed by atoms with Gasteiger partial charge in [0.05, 0.1) is 10.9 Å². The van der Waals surface area contributed by atoms with Crippen LogP contribution in [-0.4, -0.2) is 61.2 Å². The highest BCUT2D eigenvalue weighted by molar-refractivity contribution is 7.96. The van der Waals surface area contributed by atoms with Gasteiger partial charge in [-0.2, -0.15) is 0 Å². The van der Waals surface area contributed by atoms with Crippen LogP contribution in [0.1, 0.15) is 0 Å². The van der Waals surface area contributed by atoms with Gasteiger partial charge >= 0.3 is 6.36 Å². The highest BCUT2D eigenvalue weighted by Crippen LogP contribution is 2.27. The maximum atomic E-state index is 12.9. The number of alkyl halides is 3. The molecule has 1 aliphatic heterocycles. The van der Waals surface area contributed by atoms with Gasteiger partial charge in [-0.3, -0.25) is 9.69 Å². The zero-order valence-corrected chi connectivity index (χ0v) is 18.7. The van der Waals surface area contributed by atoms with Crippen molar-refractivity contribution in [1.29, 1.82) is 0 Å². The minimum atomic E-state index is -4.77. The fourth-order valence-corrected chi connectivity index (χ4v) is 4.19. The Bertz CT molecular complexity index is 1140. The molecule has 0 aliphatic carbocycles. The molecule has 0 atom stereocenters. The number of nitrogens with zero attached hydrogens (tertiary/aromatic N) is 2. The predicted molar refractivity (Wildman–Crippen MR) is 122 cm³/mol. The van der Waals surface area contributed by atoms with E-state index in [2.05, 4.69) is 20.2 Å². The Morgan fingerprint density at radius 2 is 1.73 bits per heavy atom. The first-order valence-electron chi connectivity index (χ1n) is 10.4.